The molecule has 0 aliphatic carbocycles. The number of carbonyl (C=O) groups excluding carboxylic acids is 1. The lowest BCUT2D eigenvalue weighted by Gasteiger charge is -2.26. The highest BCUT2D eigenvalue weighted by Crippen LogP contribution is 2.13. The van der Waals surface area contributed by atoms with E-state index >= 15 is 0 Å². The molecule has 1 aromatic carbocycles. The van der Waals surface area contributed by atoms with Crippen molar-refractivity contribution in [1.82, 2.24) is 4.90 Å². The first kappa shape index (κ1) is 13.0. The van der Waals surface area contributed by atoms with Crippen molar-refractivity contribution in [3.8, 4) is 5.75 Å². The molecule has 0 aliphatic rings. The lowest BCUT2D eigenvalue weighted by atomic mass is 10.1. The molecule has 0 aromatic heterocycles. The Labute approximate surface area is 104 Å². The molecule has 0 fully saturated rings. The highest BCUT2D eigenvalue weighted by molar-refractivity contribution is 9.09. The van der Waals surface area contributed by atoms with Crippen LogP contribution in [0.15, 0.2) is 24.3 Å². The number of phenolic OH excluding ortho intramolecular Hbond substituents is 1. The zero-order valence-electron chi connectivity index (χ0n) is 9.48. The van der Waals surface area contributed by atoms with Crippen LogP contribution in [0.3, 0.4) is 0 Å². The standard InChI is InChI=1S/C12H16BrNO2/c1-9(2)14(8-7-13)12(16)10-3-5-11(15)6-4-10/h3-6,9,15H,7-8H2,1-2H3. The van der Waals surface area contributed by atoms with Crippen molar-refractivity contribution in [1.29, 1.82) is 0 Å². The van der Waals surface area contributed by atoms with Gasteiger partial charge in [-0.05, 0) is 38.1 Å². The Kier molecular flexibility index (Phi) is 4.80. The Balaban J connectivity index is 2.86. The van der Waals surface area contributed by atoms with Crippen LogP contribution >= 0.6 is 15.9 Å². The van der Waals surface area contributed by atoms with Crippen molar-refractivity contribution in [2.45, 2.75) is 19.9 Å². The van der Waals surface area contributed by atoms with Crippen LogP contribution in [0.5, 0.6) is 5.75 Å². The SMILES string of the molecule is CC(C)N(CCBr)C(=O)c1ccc(O)cc1. The Bertz CT molecular complexity index is 349. The minimum atomic E-state index is -0.00514. The number of halogens is 1. The molecule has 0 heterocycles. The van der Waals surface area contributed by atoms with Gasteiger partial charge in [0.25, 0.3) is 5.91 Å². The summed E-state index contributed by atoms with van der Waals surface area (Å²) in [5, 5.41) is 9.92. The molecular weight excluding hydrogens is 270 g/mol. The third-order valence-electron chi connectivity index (χ3n) is 2.32. The van der Waals surface area contributed by atoms with Gasteiger partial charge in [0.05, 0.1) is 0 Å². The van der Waals surface area contributed by atoms with Crippen LogP contribution in [0.4, 0.5) is 0 Å². The molecule has 0 radical (unpaired) electrons. The first-order valence-electron chi connectivity index (χ1n) is 5.22. The molecule has 0 spiro atoms. The van der Waals surface area contributed by atoms with E-state index in [-0.39, 0.29) is 17.7 Å². The number of rotatable bonds is 4. The molecule has 16 heavy (non-hydrogen) atoms. The number of phenols is 1. The van der Waals surface area contributed by atoms with Crippen molar-refractivity contribution in [2.24, 2.45) is 0 Å². The molecule has 1 aromatic rings. The second-order valence-corrected chi connectivity index (χ2v) is 4.62. The van der Waals surface area contributed by atoms with E-state index in [1.165, 1.54) is 12.1 Å². The summed E-state index contributed by atoms with van der Waals surface area (Å²) in [6.07, 6.45) is 0. The van der Waals surface area contributed by atoms with Gasteiger partial charge in [0, 0.05) is 23.5 Å². The van der Waals surface area contributed by atoms with E-state index in [1.54, 1.807) is 17.0 Å². The number of hydrogen-bond donors (Lipinski definition) is 1. The Morgan fingerprint density at radius 1 is 1.38 bits per heavy atom. The summed E-state index contributed by atoms with van der Waals surface area (Å²) in [5.41, 5.74) is 0.604. The van der Waals surface area contributed by atoms with E-state index in [0.29, 0.717) is 12.1 Å². The monoisotopic (exact) mass is 285 g/mol. The zero-order valence-corrected chi connectivity index (χ0v) is 11.1. The van der Waals surface area contributed by atoms with E-state index in [1.807, 2.05) is 13.8 Å². The summed E-state index contributed by atoms with van der Waals surface area (Å²) >= 11 is 3.34. The van der Waals surface area contributed by atoms with E-state index in [0.717, 1.165) is 5.33 Å². The quantitative estimate of drug-likeness (QED) is 0.864. The average molecular weight is 286 g/mol. The summed E-state index contributed by atoms with van der Waals surface area (Å²) in [4.78, 5) is 13.9. The summed E-state index contributed by atoms with van der Waals surface area (Å²) in [7, 11) is 0. The molecule has 0 saturated carbocycles. The minimum Gasteiger partial charge on any atom is -0.508 e. The smallest absolute Gasteiger partial charge is 0.254 e. The van der Waals surface area contributed by atoms with Crippen LogP contribution in [0.2, 0.25) is 0 Å². The van der Waals surface area contributed by atoms with Crippen LogP contribution < -0.4 is 0 Å². The molecule has 0 unspecified atom stereocenters. The molecule has 0 saturated heterocycles. The van der Waals surface area contributed by atoms with Crippen molar-refractivity contribution in [2.75, 3.05) is 11.9 Å². The molecule has 88 valence electrons. The maximum atomic E-state index is 12.1. The summed E-state index contributed by atoms with van der Waals surface area (Å²) < 4.78 is 0. The fourth-order valence-electron chi connectivity index (χ4n) is 1.46. The zero-order chi connectivity index (χ0) is 12.1. The van der Waals surface area contributed by atoms with E-state index < -0.39 is 0 Å². The van der Waals surface area contributed by atoms with Crippen molar-refractivity contribution in [3.63, 3.8) is 0 Å². The first-order valence-corrected chi connectivity index (χ1v) is 6.34. The van der Waals surface area contributed by atoms with Crippen molar-refractivity contribution >= 4 is 21.8 Å². The molecule has 4 heteroatoms. The van der Waals surface area contributed by atoms with Gasteiger partial charge in [-0.25, -0.2) is 0 Å². The molecule has 1 rings (SSSR count). The van der Waals surface area contributed by atoms with Gasteiger partial charge >= 0.3 is 0 Å². The van der Waals surface area contributed by atoms with E-state index in [2.05, 4.69) is 15.9 Å². The summed E-state index contributed by atoms with van der Waals surface area (Å²) in [5.74, 6) is 0.169. The van der Waals surface area contributed by atoms with Gasteiger partial charge in [-0.2, -0.15) is 0 Å². The van der Waals surface area contributed by atoms with Gasteiger partial charge in [0.2, 0.25) is 0 Å². The Morgan fingerprint density at radius 3 is 2.38 bits per heavy atom. The molecular formula is C12H16BrNO2. The number of alkyl halides is 1. The van der Waals surface area contributed by atoms with Gasteiger partial charge in [0.15, 0.2) is 0 Å². The predicted octanol–water partition coefficient (Wildman–Crippen LogP) is 2.64. The number of hydrogen-bond acceptors (Lipinski definition) is 2. The predicted molar refractivity (Wildman–Crippen MR) is 68.1 cm³/mol. The largest absolute Gasteiger partial charge is 0.508 e. The number of aromatic hydroxyl groups is 1. The summed E-state index contributed by atoms with van der Waals surface area (Å²) in [6.45, 7) is 4.65. The van der Waals surface area contributed by atoms with E-state index in [4.69, 9.17) is 5.11 Å². The number of amides is 1. The maximum absolute atomic E-state index is 12.1. The lowest BCUT2D eigenvalue weighted by molar-refractivity contribution is 0.0719. The molecule has 0 bridgehead atoms. The molecule has 0 aliphatic heterocycles. The fraction of sp³-hybridized carbons (Fsp3) is 0.417. The molecule has 1 amide bonds. The highest BCUT2D eigenvalue weighted by Gasteiger charge is 2.17. The second kappa shape index (κ2) is 5.89. The normalized spacial score (nSPS) is 10.5. The van der Waals surface area contributed by atoms with Crippen LogP contribution in [-0.2, 0) is 0 Å². The molecule has 3 nitrogen and oxygen atoms in total. The van der Waals surface area contributed by atoms with E-state index in [9.17, 15) is 4.79 Å². The molecule has 0 atom stereocenters. The van der Waals surface area contributed by atoms with Gasteiger partial charge in [-0.1, -0.05) is 15.9 Å². The van der Waals surface area contributed by atoms with Gasteiger partial charge in [-0.15, -0.1) is 0 Å². The van der Waals surface area contributed by atoms with Crippen LogP contribution in [0.1, 0.15) is 24.2 Å². The topological polar surface area (TPSA) is 40.5 Å². The lowest BCUT2D eigenvalue weighted by Crippen LogP contribution is -2.38. The van der Waals surface area contributed by atoms with Gasteiger partial charge in [-0.3, -0.25) is 4.79 Å². The number of benzene rings is 1. The summed E-state index contributed by atoms with van der Waals surface area (Å²) in [6, 6.07) is 6.50. The van der Waals surface area contributed by atoms with Crippen LogP contribution in [-0.4, -0.2) is 33.8 Å². The highest BCUT2D eigenvalue weighted by atomic mass is 79.9. The van der Waals surface area contributed by atoms with Gasteiger partial charge < -0.3 is 10.0 Å². The van der Waals surface area contributed by atoms with Crippen molar-refractivity contribution in [3.05, 3.63) is 29.8 Å². The Hall–Kier alpha value is -1.03. The van der Waals surface area contributed by atoms with Crippen LogP contribution in [0.25, 0.3) is 0 Å². The fourth-order valence-corrected chi connectivity index (χ4v) is 1.84. The second-order valence-electron chi connectivity index (χ2n) is 3.83. The van der Waals surface area contributed by atoms with Crippen molar-refractivity contribution < 1.29 is 9.90 Å². The van der Waals surface area contributed by atoms with Gasteiger partial charge in [0.1, 0.15) is 5.75 Å². The first-order chi connectivity index (χ1) is 7.56. The third kappa shape index (κ3) is 3.23. The third-order valence-corrected chi connectivity index (χ3v) is 2.68. The minimum absolute atomic E-state index is 0.00514. The molecule has 1 N–H and O–H groups in total. The number of carbonyl (C=O) groups is 1. The Morgan fingerprint density at radius 2 is 1.94 bits per heavy atom. The maximum Gasteiger partial charge on any atom is 0.254 e. The average Bonchev–Trinajstić information content (AvgIpc) is 2.25. The van der Waals surface area contributed by atoms with Crippen LogP contribution in [0, 0.1) is 0 Å². The number of nitrogens with zero attached hydrogens (tertiary/aromatic N) is 1.